The second-order valence-corrected chi connectivity index (χ2v) is 7.65. The molecule has 0 aromatic carbocycles. The van der Waals surface area contributed by atoms with E-state index in [0.29, 0.717) is 6.04 Å². The topological polar surface area (TPSA) is 15.3 Å². The van der Waals surface area contributed by atoms with Crippen LogP contribution in [0.4, 0.5) is 0 Å². The molecule has 0 radical (unpaired) electrons. The fourth-order valence-corrected chi connectivity index (χ4v) is 4.28. The van der Waals surface area contributed by atoms with Gasteiger partial charge in [-0.2, -0.15) is 0 Å². The van der Waals surface area contributed by atoms with Crippen molar-refractivity contribution in [1.82, 2.24) is 10.2 Å². The van der Waals surface area contributed by atoms with Crippen LogP contribution in [-0.4, -0.2) is 36.6 Å². The third-order valence-corrected chi connectivity index (χ3v) is 5.99. The molecule has 2 aliphatic carbocycles. The van der Waals surface area contributed by atoms with E-state index >= 15 is 0 Å². The van der Waals surface area contributed by atoms with E-state index in [4.69, 9.17) is 0 Å². The van der Waals surface area contributed by atoms with Crippen LogP contribution < -0.4 is 5.32 Å². The van der Waals surface area contributed by atoms with Crippen LogP contribution in [-0.2, 0) is 0 Å². The summed E-state index contributed by atoms with van der Waals surface area (Å²) >= 11 is 0. The summed E-state index contributed by atoms with van der Waals surface area (Å²) in [7, 11) is 2.34. The monoisotopic (exact) mass is 280 g/mol. The van der Waals surface area contributed by atoms with Crippen LogP contribution in [0.3, 0.4) is 0 Å². The maximum Gasteiger partial charge on any atom is 0.00926 e. The largest absolute Gasteiger partial charge is 0.311 e. The normalized spacial score (nSPS) is 35.2. The van der Waals surface area contributed by atoms with E-state index in [1.165, 1.54) is 64.3 Å². The van der Waals surface area contributed by atoms with Crippen LogP contribution in [0.1, 0.15) is 78.6 Å². The van der Waals surface area contributed by atoms with Crippen LogP contribution in [0.5, 0.6) is 0 Å². The van der Waals surface area contributed by atoms with Crippen molar-refractivity contribution in [2.45, 2.75) is 96.7 Å². The van der Waals surface area contributed by atoms with E-state index in [1.54, 1.807) is 0 Å². The number of rotatable bonds is 7. The van der Waals surface area contributed by atoms with Gasteiger partial charge in [0.2, 0.25) is 0 Å². The van der Waals surface area contributed by atoms with E-state index in [2.05, 4.69) is 38.0 Å². The van der Waals surface area contributed by atoms with E-state index < -0.39 is 0 Å². The Morgan fingerprint density at radius 2 is 1.85 bits per heavy atom. The molecule has 2 rings (SSSR count). The number of unbranched alkanes of at least 4 members (excludes halogenated alkanes) is 1. The predicted octanol–water partition coefficient (Wildman–Crippen LogP) is 4.20. The maximum atomic E-state index is 3.79. The van der Waals surface area contributed by atoms with Gasteiger partial charge in [-0.1, -0.05) is 20.3 Å². The predicted molar refractivity (Wildman–Crippen MR) is 88.1 cm³/mol. The molecule has 2 heteroatoms. The van der Waals surface area contributed by atoms with Crippen molar-refractivity contribution in [3.8, 4) is 0 Å². The zero-order chi connectivity index (χ0) is 14.6. The highest BCUT2D eigenvalue weighted by Crippen LogP contribution is 2.52. The molecule has 20 heavy (non-hydrogen) atoms. The zero-order valence-electron chi connectivity index (χ0n) is 14.3. The Morgan fingerprint density at radius 1 is 1.20 bits per heavy atom. The Morgan fingerprint density at radius 3 is 2.40 bits per heavy atom. The molecule has 1 N–H and O–H groups in total. The third-order valence-electron chi connectivity index (χ3n) is 5.99. The van der Waals surface area contributed by atoms with Gasteiger partial charge in [-0.05, 0) is 77.3 Å². The average Bonchev–Trinajstić information content (AvgIpc) is 2.43. The highest BCUT2D eigenvalue weighted by molar-refractivity contribution is 5.01. The maximum absolute atomic E-state index is 3.79. The van der Waals surface area contributed by atoms with Crippen LogP contribution in [0.2, 0.25) is 0 Å². The number of nitrogens with zero attached hydrogens (tertiary/aromatic N) is 1. The van der Waals surface area contributed by atoms with Crippen LogP contribution in [0.25, 0.3) is 0 Å². The van der Waals surface area contributed by atoms with Gasteiger partial charge in [-0.25, -0.2) is 0 Å². The Bertz CT molecular complexity index is 273. The number of hydrogen-bond donors (Lipinski definition) is 1. The first kappa shape index (κ1) is 16.3. The second-order valence-electron chi connectivity index (χ2n) is 7.65. The quantitative estimate of drug-likeness (QED) is 0.752. The summed E-state index contributed by atoms with van der Waals surface area (Å²) in [4.78, 5) is 2.63. The Labute approximate surface area is 126 Å². The lowest BCUT2D eigenvalue weighted by atomic mass is 9.57. The molecule has 1 atom stereocenters. The minimum Gasteiger partial charge on any atom is -0.311 e. The average molecular weight is 280 g/mol. The lowest BCUT2D eigenvalue weighted by Crippen LogP contribution is -2.53. The Balaban J connectivity index is 1.68. The summed E-state index contributed by atoms with van der Waals surface area (Å²) in [6.07, 6.45) is 12.7. The van der Waals surface area contributed by atoms with Gasteiger partial charge in [-0.3, -0.25) is 0 Å². The molecule has 0 aliphatic heterocycles. The molecule has 2 fully saturated rings. The lowest BCUT2D eigenvalue weighted by molar-refractivity contribution is 0.00717. The molecular formula is C18H36N2. The summed E-state index contributed by atoms with van der Waals surface area (Å²) in [5, 5.41) is 3.79. The SMILES string of the molecule is CCCCN(C)C1CCC2(CC1)CC(NC(C)CC)C2. The first-order chi connectivity index (χ1) is 9.58. The Kier molecular flexibility index (Phi) is 5.92. The molecule has 0 aromatic rings. The molecule has 0 saturated heterocycles. The van der Waals surface area contributed by atoms with Crippen LogP contribution in [0.15, 0.2) is 0 Å². The molecule has 1 spiro atoms. The molecule has 0 aromatic heterocycles. The van der Waals surface area contributed by atoms with E-state index in [-0.39, 0.29) is 0 Å². The fraction of sp³-hybridized carbons (Fsp3) is 1.00. The van der Waals surface area contributed by atoms with E-state index in [0.717, 1.165) is 17.5 Å². The van der Waals surface area contributed by atoms with Crippen molar-refractivity contribution in [3.05, 3.63) is 0 Å². The standard InChI is InChI=1S/C18H36N2/c1-5-7-12-20(4)17-8-10-18(11-9-17)13-16(14-18)19-15(3)6-2/h15-17,19H,5-14H2,1-4H3. The van der Waals surface area contributed by atoms with Crippen molar-refractivity contribution >= 4 is 0 Å². The summed E-state index contributed by atoms with van der Waals surface area (Å²) in [6.45, 7) is 8.20. The van der Waals surface area contributed by atoms with E-state index in [1.807, 2.05) is 0 Å². The van der Waals surface area contributed by atoms with Crippen molar-refractivity contribution in [3.63, 3.8) is 0 Å². The molecule has 2 aliphatic rings. The minimum atomic E-state index is 0.703. The van der Waals surface area contributed by atoms with Crippen LogP contribution >= 0.6 is 0 Å². The first-order valence-electron chi connectivity index (χ1n) is 9.05. The highest BCUT2D eigenvalue weighted by Gasteiger charge is 2.46. The van der Waals surface area contributed by atoms with Crippen molar-refractivity contribution < 1.29 is 0 Å². The van der Waals surface area contributed by atoms with Crippen LogP contribution in [0, 0.1) is 5.41 Å². The highest BCUT2D eigenvalue weighted by atomic mass is 15.1. The van der Waals surface area contributed by atoms with Gasteiger partial charge in [-0.15, -0.1) is 0 Å². The fourth-order valence-electron chi connectivity index (χ4n) is 4.28. The van der Waals surface area contributed by atoms with Crippen molar-refractivity contribution in [2.24, 2.45) is 5.41 Å². The molecule has 0 amide bonds. The van der Waals surface area contributed by atoms with Gasteiger partial charge in [0.15, 0.2) is 0 Å². The molecule has 118 valence electrons. The molecule has 2 saturated carbocycles. The molecule has 1 unspecified atom stereocenters. The van der Waals surface area contributed by atoms with Crippen molar-refractivity contribution in [1.29, 1.82) is 0 Å². The smallest absolute Gasteiger partial charge is 0.00926 e. The molecule has 2 nitrogen and oxygen atoms in total. The summed E-state index contributed by atoms with van der Waals surface area (Å²) in [6, 6.07) is 2.39. The summed E-state index contributed by atoms with van der Waals surface area (Å²) in [5.74, 6) is 0. The molecule has 0 bridgehead atoms. The van der Waals surface area contributed by atoms with Gasteiger partial charge in [0.05, 0.1) is 0 Å². The van der Waals surface area contributed by atoms with Gasteiger partial charge in [0.1, 0.15) is 0 Å². The van der Waals surface area contributed by atoms with Crippen molar-refractivity contribution in [2.75, 3.05) is 13.6 Å². The second kappa shape index (κ2) is 7.26. The van der Waals surface area contributed by atoms with Gasteiger partial charge >= 0.3 is 0 Å². The minimum absolute atomic E-state index is 0.703. The summed E-state index contributed by atoms with van der Waals surface area (Å²) in [5.41, 5.74) is 0.729. The zero-order valence-corrected chi connectivity index (χ0v) is 14.3. The molecular weight excluding hydrogens is 244 g/mol. The van der Waals surface area contributed by atoms with Gasteiger partial charge in [0, 0.05) is 18.1 Å². The third kappa shape index (κ3) is 3.98. The van der Waals surface area contributed by atoms with Gasteiger partial charge in [0.25, 0.3) is 0 Å². The number of hydrogen-bond acceptors (Lipinski definition) is 2. The van der Waals surface area contributed by atoms with Gasteiger partial charge < -0.3 is 10.2 Å². The summed E-state index contributed by atoms with van der Waals surface area (Å²) < 4.78 is 0. The first-order valence-corrected chi connectivity index (χ1v) is 9.05. The van der Waals surface area contributed by atoms with E-state index in [9.17, 15) is 0 Å². The molecule has 0 heterocycles. The number of nitrogens with one attached hydrogen (secondary N) is 1. The lowest BCUT2D eigenvalue weighted by Gasteiger charge is -2.53. The Hall–Kier alpha value is -0.0800.